The van der Waals surface area contributed by atoms with E-state index in [4.69, 9.17) is 0 Å². The van der Waals surface area contributed by atoms with Crippen LogP contribution in [0.1, 0.15) is 52.9 Å². The van der Waals surface area contributed by atoms with Crippen LogP contribution in [0, 0.1) is 0 Å². The van der Waals surface area contributed by atoms with Crippen LogP contribution >= 0.6 is 0 Å². The summed E-state index contributed by atoms with van der Waals surface area (Å²) in [6.45, 7) is 10.5. The zero-order chi connectivity index (χ0) is 14.5. The largest absolute Gasteiger partial charge is 0.341 e. The lowest BCUT2D eigenvalue weighted by Gasteiger charge is -2.40. The Morgan fingerprint density at radius 2 is 1.75 bits per heavy atom. The van der Waals surface area contributed by atoms with E-state index in [1.165, 1.54) is 32.1 Å². The number of rotatable bonds is 5. The number of nitrogens with one attached hydrogen (secondary N) is 1. The highest BCUT2D eigenvalue weighted by molar-refractivity contribution is 5.81. The standard InChI is InChI=1S/C16H31N3O/c1-13(2)17-12-15-8-4-5-11-19(15)14(3)16(20)18-9-6-7-10-18/h13-15,17H,4-12H2,1-3H3. The summed E-state index contributed by atoms with van der Waals surface area (Å²) in [5, 5.41) is 3.54. The van der Waals surface area contributed by atoms with Gasteiger partial charge in [0, 0.05) is 31.7 Å². The molecule has 0 saturated carbocycles. The number of hydrogen-bond donors (Lipinski definition) is 1. The Labute approximate surface area is 123 Å². The van der Waals surface area contributed by atoms with Crippen molar-refractivity contribution in [3.8, 4) is 0 Å². The smallest absolute Gasteiger partial charge is 0.239 e. The summed E-state index contributed by atoms with van der Waals surface area (Å²) in [7, 11) is 0. The van der Waals surface area contributed by atoms with E-state index in [1.54, 1.807) is 0 Å². The third-order valence-electron chi connectivity index (χ3n) is 4.71. The molecule has 1 N–H and O–H groups in total. The molecule has 1 amide bonds. The van der Waals surface area contributed by atoms with Gasteiger partial charge in [-0.2, -0.15) is 0 Å². The quantitative estimate of drug-likeness (QED) is 0.835. The number of amides is 1. The average molecular weight is 281 g/mol. The van der Waals surface area contributed by atoms with Crippen LogP contribution in [-0.4, -0.2) is 60.0 Å². The maximum atomic E-state index is 12.6. The van der Waals surface area contributed by atoms with E-state index in [0.717, 1.165) is 26.2 Å². The van der Waals surface area contributed by atoms with Gasteiger partial charge in [-0.1, -0.05) is 20.3 Å². The molecule has 2 saturated heterocycles. The zero-order valence-corrected chi connectivity index (χ0v) is 13.4. The van der Waals surface area contributed by atoms with Crippen molar-refractivity contribution in [2.75, 3.05) is 26.2 Å². The predicted octanol–water partition coefficient (Wildman–Crippen LogP) is 1.85. The second-order valence-electron chi connectivity index (χ2n) is 6.66. The fourth-order valence-corrected chi connectivity index (χ4v) is 3.47. The van der Waals surface area contributed by atoms with Crippen LogP contribution in [0.3, 0.4) is 0 Å². The topological polar surface area (TPSA) is 35.6 Å². The van der Waals surface area contributed by atoms with Crippen LogP contribution in [0.15, 0.2) is 0 Å². The summed E-state index contributed by atoms with van der Waals surface area (Å²) in [5.74, 6) is 0.346. The van der Waals surface area contributed by atoms with E-state index in [0.29, 0.717) is 18.0 Å². The molecule has 2 unspecified atom stereocenters. The minimum atomic E-state index is 0.0485. The number of carbonyl (C=O) groups is 1. The van der Waals surface area contributed by atoms with Gasteiger partial charge in [0.1, 0.15) is 0 Å². The molecule has 20 heavy (non-hydrogen) atoms. The highest BCUT2D eigenvalue weighted by atomic mass is 16.2. The monoisotopic (exact) mass is 281 g/mol. The lowest BCUT2D eigenvalue weighted by Crippen LogP contribution is -2.55. The van der Waals surface area contributed by atoms with Gasteiger partial charge in [-0.05, 0) is 39.2 Å². The highest BCUT2D eigenvalue weighted by Crippen LogP contribution is 2.21. The molecule has 4 heteroatoms. The molecule has 2 aliphatic rings. The van der Waals surface area contributed by atoms with Crippen molar-refractivity contribution >= 4 is 5.91 Å². The number of carbonyl (C=O) groups excluding carboxylic acids is 1. The van der Waals surface area contributed by atoms with Gasteiger partial charge < -0.3 is 10.2 Å². The van der Waals surface area contributed by atoms with Gasteiger partial charge in [0.05, 0.1) is 6.04 Å². The SMILES string of the molecule is CC(C)NCC1CCCCN1C(C)C(=O)N1CCCC1. The number of hydrogen-bond acceptors (Lipinski definition) is 3. The van der Waals surface area contributed by atoms with Gasteiger partial charge in [-0.15, -0.1) is 0 Å². The van der Waals surface area contributed by atoms with Crippen LogP contribution in [0.2, 0.25) is 0 Å². The summed E-state index contributed by atoms with van der Waals surface area (Å²) in [6.07, 6.45) is 6.10. The molecule has 0 radical (unpaired) electrons. The lowest BCUT2D eigenvalue weighted by molar-refractivity contribution is -0.136. The molecule has 0 aromatic carbocycles. The van der Waals surface area contributed by atoms with Crippen molar-refractivity contribution < 1.29 is 4.79 Å². The molecule has 0 spiro atoms. The summed E-state index contributed by atoms with van der Waals surface area (Å²) in [6, 6.07) is 1.09. The van der Waals surface area contributed by atoms with Crippen molar-refractivity contribution in [3.63, 3.8) is 0 Å². The maximum absolute atomic E-state index is 12.6. The Bertz CT molecular complexity index is 313. The Balaban J connectivity index is 1.93. The minimum absolute atomic E-state index is 0.0485. The number of likely N-dealkylation sites (tertiary alicyclic amines) is 2. The average Bonchev–Trinajstić information content (AvgIpc) is 2.98. The molecule has 4 nitrogen and oxygen atoms in total. The van der Waals surface area contributed by atoms with Crippen molar-refractivity contribution in [2.24, 2.45) is 0 Å². The van der Waals surface area contributed by atoms with E-state index >= 15 is 0 Å². The van der Waals surface area contributed by atoms with Crippen LogP contribution in [-0.2, 0) is 4.79 Å². The first kappa shape index (κ1) is 15.8. The molecule has 2 fully saturated rings. The number of piperidine rings is 1. The first-order chi connectivity index (χ1) is 9.59. The zero-order valence-electron chi connectivity index (χ0n) is 13.4. The molecular formula is C16H31N3O. The van der Waals surface area contributed by atoms with E-state index in [9.17, 15) is 4.79 Å². The highest BCUT2D eigenvalue weighted by Gasteiger charge is 2.33. The van der Waals surface area contributed by atoms with Crippen molar-refractivity contribution in [1.82, 2.24) is 15.1 Å². The third kappa shape index (κ3) is 3.95. The van der Waals surface area contributed by atoms with Crippen molar-refractivity contribution in [1.29, 1.82) is 0 Å². The summed E-state index contributed by atoms with van der Waals surface area (Å²) in [5.41, 5.74) is 0. The molecule has 2 rings (SSSR count). The number of nitrogens with zero attached hydrogens (tertiary/aromatic N) is 2. The van der Waals surface area contributed by atoms with Gasteiger partial charge in [-0.25, -0.2) is 0 Å². The first-order valence-electron chi connectivity index (χ1n) is 8.37. The predicted molar refractivity (Wildman–Crippen MR) is 82.8 cm³/mol. The van der Waals surface area contributed by atoms with Gasteiger partial charge in [0.15, 0.2) is 0 Å². The summed E-state index contributed by atoms with van der Waals surface area (Å²) in [4.78, 5) is 17.1. The normalized spacial score (nSPS) is 26.2. The summed E-state index contributed by atoms with van der Waals surface area (Å²) >= 11 is 0. The molecule has 0 aromatic rings. The van der Waals surface area contributed by atoms with Crippen LogP contribution < -0.4 is 5.32 Å². The third-order valence-corrected chi connectivity index (χ3v) is 4.71. The van der Waals surface area contributed by atoms with Gasteiger partial charge >= 0.3 is 0 Å². The summed E-state index contributed by atoms with van der Waals surface area (Å²) < 4.78 is 0. The van der Waals surface area contributed by atoms with E-state index < -0.39 is 0 Å². The lowest BCUT2D eigenvalue weighted by atomic mass is 9.99. The van der Waals surface area contributed by atoms with E-state index in [-0.39, 0.29) is 6.04 Å². The molecule has 0 aliphatic carbocycles. The molecule has 116 valence electrons. The molecule has 2 heterocycles. The Kier molecular flexibility index (Phi) is 5.85. The second-order valence-corrected chi connectivity index (χ2v) is 6.66. The van der Waals surface area contributed by atoms with Gasteiger partial charge in [-0.3, -0.25) is 9.69 Å². The fraction of sp³-hybridized carbons (Fsp3) is 0.938. The molecular weight excluding hydrogens is 250 g/mol. The molecule has 2 atom stereocenters. The second kappa shape index (κ2) is 7.41. The van der Waals surface area contributed by atoms with E-state index in [2.05, 4.69) is 35.9 Å². The van der Waals surface area contributed by atoms with Crippen molar-refractivity contribution in [3.05, 3.63) is 0 Å². The van der Waals surface area contributed by atoms with Gasteiger partial charge in [0.25, 0.3) is 0 Å². The van der Waals surface area contributed by atoms with E-state index in [1.807, 2.05) is 0 Å². The Morgan fingerprint density at radius 1 is 1.10 bits per heavy atom. The fourth-order valence-electron chi connectivity index (χ4n) is 3.47. The molecule has 0 bridgehead atoms. The Hall–Kier alpha value is -0.610. The Morgan fingerprint density at radius 3 is 2.40 bits per heavy atom. The first-order valence-corrected chi connectivity index (χ1v) is 8.37. The molecule has 0 aromatic heterocycles. The van der Waals surface area contributed by atoms with Crippen LogP contribution in [0.25, 0.3) is 0 Å². The van der Waals surface area contributed by atoms with Crippen LogP contribution in [0.4, 0.5) is 0 Å². The van der Waals surface area contributed by atoms with Crippen molar-refractivity contribution in [2.45, 2.75) is 71.0 Å². The maximum Gasteiger partial charge on any atom is 0.239 e. The van der Waals surface area contributed by atoms with Gasteiger partial charge in [0.2, 0.25) is 5.91 Å². The molecule has 2 aliphatic heterocycles. The minimum Gasteiger partial charge on any atom is -0.341 e. The van der Waals surface area contributed by atoms with Crippen LogP contribution in [0.5, 0.6) is 0 Å².